The average Bonchev–Trinajstić information content (AvgIpc) is 2.65. The molecule has 1 atom stereocenters. The van der Waals surface area contributed by atoms with E-state index in [0.717, 1.165) is 16.9 Å². The van der Waals surface area contributed by atoms with E-state index >= 15 is 0 Å². The van der Waals surface area contributed by atoms with E-state index in [2.05, 4.69) is 10.3 Å². The number of hydrogen-bond acceptors (Lipinski definition) is 3. The van der Waals surface area contributed by atoms with E-state index in [-0.39, 0.29) is 5.92 Å². The van der Waals surface area contributed by atoms with E-state index < -0.39 is 5.60 Å². The summed E-state index contributed by atoms with van der Waals surface area (Å²) in [7, 11) is 1.99. The fourth-order valence-electron chi connectivity index (χ4n) is 2.01. The summed E-state index contributed by atoms with van der Waals surface area (Å²) >= 11 is 5.98. The Morgan fingerprint density at radius 1 is 1.45 bits per heavy atom. The van der Waals surface area contributed by atoms with Gasteiger partial charge < -0.3 is 15.0 Å². The van der Waals surface area contributed by atoms with E-state index in [9.17, 15) is 5.11 Å². The first kappa shape index (κ1) is 15.3. The number of aromatic nitrogens is 2. The van der Waals surface area contributed by atoms with Crippen LogP contribution in [0.4, 0.5) is 0 Å². The smallest absolute Gasteiger partial charge is 0.123 e. The van der Waals surface area contributed by atoms with E-state index in [1.165, 1.54) is 0 Å². The SMILES string of the molecule is CC(C)C(C)(O)CNCc1nc2cc(Cl)ccc2n1C. The lowest BCUT2D eigenvalue weighted by atomic mass is 9.93. The average molecular weight is 296 g/mol. The molecule has 2 rings (SSSR count). The topological polar surface area (TPSA) is 50.1 Å². The van der Waals surface area contributed by atoms with Crippen molar-refractivity contribution in [1.82, 2.24) is 14.9 Å². The molecule has 110 valence electrons. The monoisotopic (exact) mass is 295 g/mol. The van der Waals surface area contributed by atoms with E-state index in [1.54, 1.807) is 0 Å². The predicted molar refractivity (Wildman–Crippen MR) is 82.9 cm³/mol. The van der Waals surface area contributed by atoms with Crippen LogP contribution in [0.3, 0.4) is 0 Å². The summed E-state index contributed by atoms with van der Waals surface area (Å²) in [4.78, 5) is 4.57. The summed E-state index contributed by atoms with van der Waals surface area (Å²) in [6.45, 7) is 7.02. The molecule has 0 fully saturated rings. The molecule has 4 nitrogen and oxygen atoms in total. The zero-order valence-corrected chi connectivity index (χ0v) is 13.2. The summed E-state index contributed by atoms with van der Waals surface area (Å²) in [5.74, 6) is 1.14. The minimum Gasteiger partial charge on any atom is -0.389 e. The first-order valence-corrected chi connectivity index (χ1v) is 7.23. The van der Waals surface area contributed by atoms with Gasteiger partial charge in [-0.3, -0.25) is 0 Å². The number of aliphatic hydroxyl groups is 1. The molecule has 0 amide bonds. The van der Waals surface area contributed by atoms with Gasteiger partial charge in [0.25, 0.3) is 0 Å². The molecule has 5 heteroatoms. The molecular weight excluding hydrogens is 274 g/mol. The first-order chi connectivity index (χ1) is 9.31. The van der Waals surface area contributed by atoms with Crippen LogP contribution in [0, 0.1) is 5.92 Å². The number of imidazole rings is 1. The Balaban J connectivity index is 2.09. The van der Waals surface area contributed by atoms with Crippen LogP contribution in [-0.4, -0.2) is 26.8 Å². The zero-order valence-electron chi connectivity index (χ0n) is 12.4. The first-order valence-electron chi connectivity index (χ1n) is 6.85. The standard InChI is InChI=1S/C15H22ClN3O/c1-10(2)15(3,20)9-17-8-14-18-12-7-11(16)5-6-13(12)19(14)4/h5-7,10,17,20H,8-9H2,1-4H3. The maximum absolute atomic E-state index is 10.2. The van der Waals surface area contributed by atoms with Gasteiger partial charge in [0.05, 0.1) is 23.2 Å². The molecule has 0 saturated carbocycles. The van der Waals surface area contributed by atoms with Crippen LogP contribution in [0.25, 0.3) is 11.0 Å². The summed E-state index contributed by atoms with van der Waals surface area (Å²) in [5.41, 5.74) is 1.24. The molecule has 0 bridgehead atoms. The van der Waals surface area contributed by atoms with Gasteiger partial charge in [0.2, 0.25) is 0 Å². The van der Waals surface area contributed by atoms with Crippen molar-refractivity contribution in [3.05, 3.63) is 29.0 Å². The van der Waals surface area contributed by atoms with E-state index in [0.29, 0.717) is 18.1 Å². The number of fused-ring (bicyclic) bond motifs is 1. The Labute approximate surface area is 124 Å². The maximum atomic E-state index is 10.2. The lowest BCUT2D eigenvalue weighted by molar-refractivity contribution is 0.0138. The highest BCUT2D eigenvalue weighted by Gasteiger charge is 2.24. The summed E-state index contributed by atoms with van der Waals surface area (Å²) in [5, 5.41) is 14.2. The van der Waals surface area contributed by atoms with Gasteiger partial charge in [-0.05, 0) is 31.0 Å². The second kappa shape index (κ2) is 5.72. The van der Waals surface area contributed by atoms with Crippen molar-refractivity contribution >= 4 is 22.6 Å². The van der Waals surface area contributed by atoms with Crippen LogP contribution in [0.2, 0.25) is 5.02 Å². The normalized spacial score (nSPS) is 14.9. The second-order valence-electron chi connectivity index (χ2n) is 5.84. The second-order valence-corrected chi connectivity index (χ2v) is 6.27. The van der Waals surface area contributed by atoms with Gasteiger partial charge in [-0.1, -0.05) is 25.4 Å². The molecule has 0 saturated heterocycles. The van der Waals surface area contributed by atoms with Gasteiger partial charge in [0.1, 0.15) is 5.82 Å². The van der Waals surface area contributed by atoms with Crippen molar-refractivity contribution in [2.45, 2.75) is 32.9 Å². The molecule has 0 radical (unpaired) electrons. The van der Waals surface area contributed by atoms with Crippen molar-refractivity contribution in [1.29, 1.82) is 0 Å². The minimum atomic E-state index is -0.714. The van der Waals surface area contributed by atoms with Crippen LogP contribution >= 0.6 is 11.6 Å². The molecule has 2 aromatic rings. The van der Waals surface area contributed by atoms with Crippen molar-refractivity contribution in [3.8, 4) is 0 Å². The van der Waals surface area contributed by atoms with Gasteiger partial charge in [-0.25, -0.2) is 4.98 Å². The number of halogens is 1. The minimum absolute atomic E-state index is 0.203. The Bertz CT molecular complexity index is 604. The summed E-state index contributed by atoms with van der Waals surface area (Å²) in [6.07, 6.45) is 0. The van der Waals surface area contributed by atoms with Crippen molar-refractivity contribution < 1.29 is 5.11 Å². The van der Waals surface area contributed by atoms with Gasteiger partial charge in [0, 0.05) is 18.6 Å². The highest BCUT2D eigenvalue weighted by Crippen LogP contribution is 2.20. The van der Waals surface area contributed by atoms with Crippen LogP contribution < -0.4 is 5.32 Å². The lowest BCUT2D eigenvalue weighted by Gasteiger charge is -2.27. The Morgan fingerprint density at radius 2 is 2.15 bits per heavy atom. The largest absolute Gasteiger partial charge is 0.389 e. The van der Waals surface area contributed by atoms with E-state index in [4.69, 9.17) is 11.6 Å². The molecule has 0 aliphatic rings. The third kappa shape index (κ3) is 3.14. The van der Waals surface area contributed by atoms with Crippen LogP contribution in [0.1, 0.15) is 26.6 Å². The van der Waals surface area contributed by atoms with Crippen LogP contribution in [-0.2, 0) is 13.6 Å². The Morgan fingerprint density at radius 3 is 2.80 bits per heavy atom. The van der Waals surface area contributed by atoms with Crippen molar-refractivity contribution in [2.24, 2.45) is 13.0 Å². The quantitative estimate of drug-likeness (QED) is 0.892. The Kier molecular flexibility index (Phi) is 4.37. The molecule has 0 aliphatic carbocycles. The number of hydrogen-bond donors (Lipinski definition) is 2. The molecule has 2 N–H and O–H groups in total. The van der Waals surface area contributed by atoms with Crippen molar-refractivity contribution in [3.63, 3.8) is 0 Å². The highest BCUT2D eigenvalue weighted by atomic mass is 35.5. The molecule has 0 spiro atoms. The van der Waals surface area contributed by atoms with Crippen molar-refractivity contribution in [2.75, 3.05) is 6.54 Å². The third-order valence-electron chi connectivity index (χ3n) is 3.95. The number of nitrogens with zero attached hydrogens (tertiary/aromatic N) is 2. The molecule has 1 aromatic carbocycles. The highest BCUT2D eigenvalue weighted by molar-refractivity contribution is 6.31. The molecule has 20 heavy (non-hydrogen) atoms. The molecule has 1 unspecified atom stereocenters. The molecule has 0 aliphatic heterocycles. The number of rotatable bonds is 5. The van der Waals surface area contributed by atoms with Crippen LogP contribution in [0.5, 0.6) is 0 Å². The fourth-order valence-corrected chi connectivity index (χ4v) is 2.18. The maximum Gasteiger partial charge on any atom is 0.123 e. The molecule has 1 heterocycles. The Hall–Kier alpha value is -1.10. The zero-order chi connectivity index (χ0) is 14.9. The summed E-state index contributed by atoms with van der Waals surface area (Å²) < 4.78 is 2.04. The van der Waals surface area contributed by atoms with Gasteiger partial charge in [-0.15, -0.1) is 0 Å². The summed E-state index contributed by atoms with van der Waals surface area (Å²) in [6, 6.07) is 5.70. The van der Waals surface area contributed by atoms with Gasteiger partial charge in [-0.2, -0.15) is 0 Å². The molecule has 1 aromatic heterocycles. The lowest BCUT2D eigenvalue weighted by Crippen LogP contribution is -2.42. The van der Waals surface area contributed by atoms with E-state index in [1.807, 2.05) is 50.6 Å². The fraction of sp³-hybridized carbons (Fsp3) is 0.533. The number of benzene rings is 1. The van der Waals surface area contributed by atoms with Gasteiger partial charge in [0.15, 0.2) is 0 Å². The molecular formula is C15H22ClN3O. The number of nitrogens with one attached hydrogen (secondary N) is 1. The van der Waals surface area contributed by atoms with Crippen LogP contribution in [0.15, 0.2) is 18.2 Å². The van der Waals surface area contributed by atoms with Gasteiger partial charge >= 0.3 is 0 Å². The third-order valence-corrected chi connectivity index (χ3v) is 4.18. The number of aryl methyl sites for hydroxylation is 1. The predicted octanol–water partition coefficient (Wildman–Crippen LogP) is 2.72.